The molecule has 1 N–H and O–H groups in total. The third-order valence-corrected chi connectivity index (χ3v) is 4.21. The number of thioether (sulfide) groups is 1. The van der Waals surface area contributed by atoms with E-state index < -0.39 is 5.76 Å². The van der Waals surface area contributed by atoms with E-state index >= 15 is 0 Å². The van der Waals surface area contributed by atoms with Crippen LogP contribution in [0, 0.1) is 11.3 Å². The number of rotatable bonds is 8. The van der Waals surface area contributed by atoms with Crippen LogP contribution in [0.25, 0.3) is 0 Å². The lowest BCUT2D eigenvalue weighted by molar-refractivity contribution is 0.235. The van der Waals surface area contributed by atoms with Crippen molar-refractivity contribution in [2.45, 2.75) is 45.8 Å². The Hall–Kier alpha value is -0.550. The van der Waals surface area contributed by atoms with Gasteiger partial charge in [0.2, 0.25) is 0 Å². The predicted octanol–water partition coefficient (Wildman–Crippen LogP) is 4.51. The maximum absolute atomic E-state index is 12.0. The van der Waals surface area contributed by atoms with Crippen LogP contribution in [0.3, 0.4) is 0 Å². The summed E-state index contributed by atoms with van der Waals surface area (Å²) < 4.78 is 29.6. The lowest BCUT2D eigenvalue weighted by Gasteiger charge is -2.29. The van der Waals surface area contributed by atoms with Crippen molar-refractivity contribution in [3.63, 3.8) is 0 Å². The van der Waals surface area contributed by atoms with E-state index in [4.69, 9.17) is 4.42 Å². The minimum Gasteiger partial charge on any atom is -0.464 e. The van der Waals surface area contributed by atoms with Gasteiger partial charge in [-0.2, -0.15) is 8.78 Å². The molecule has 0 aliphatic heterocycles. The Morgan fingerprint density at radius 1 is 1.26 bits per heavy atom. The van der Waals surface area contributed by atoms with Crippen molar-refractivity contribution >= 4 is 11.8 Å². The average molecular weight is 291 g/mol. The molecule has 0 radical (unpaired) electrons. The molecule has 0 spiro atoms. The maximum atomic E-state index is 12.0. The zero-order valence-electron chi connectivity index (χ0n) is 12.0. The molecule has 0 saturated carbocycles. The van der Waals surface area contributed by atoms with Crippen molar-refractivity contribution in [1.82, 2.24) is 5.32 Å². The second-order valence-corrected chi connectivity index (χ2v) is 6.66. The van der Waals surface area contributed by atoms with Crippen LogP contribution < -0.4 is 5.32 Å². The molecule has 0 amide bonds. The maximum Gasteiger partial charge on any atom is 0.284 e. The molecule has 5 heteroatoms. The summed E-state index contributed by atoms with van der Waals surface area (Å²) in [6.07, 6.45) is 0. The molecule has 1 heterocycles. The van der Waals surface area contributed by atoms with Gasteiger partial charge >= 0.3 is 0 Å². The number of nitrogens with one attached hydrogen (secondary N) is 1. The fourth-order valence-corrected chi connectivity index (χ4v) is 1.90. The minimum atomic E-state index is -2.35. The van der Waals surface area contributed by atoms with Crippen molar-refractivity contribution in [1.29, 1.82) is 0 Å². The van der Waals surface area contributed by atoms with Gasteiger partial charge in [-0.25, -0.2) is 0 Å². The average Bonchev–Trinajstić information content (AvgIpc) is 2.74. The van der Waals surface area contributed by atoms with Crippen molar-refractivity contribution in [2.75, 3.05) is 6.54 Å². The van der Waals surface area contributed by atoms with Gasteiger partial charge in [0.25, 0.3) is 5.76 Å². The number of hydrogen-bond donors (Lipinski definition) is 1. The molecule has 1 aromatic rings. The molecule has 110 valence electrons. The second-order valence-electron chi connectivity index (χ2n) is 5.69. The second kappa shape index (κ2) is 7.29. The van der Waals surface area contributed by atoms with E-state index in [0.29, 0.717) is 30.0 Å². The molecule has 1 aromatic heterocycles. The Morgan fingerprint density at radius 3 is 2.47 bits per heavy atom. The van der Waals surface area contributed by atoms with Crippen LogP contribution in [0.15, 0.2) is 16.5 Å². The van der Waals surface area contributed by atoms with E-state index in [0.717, 1.165) is 12.3 Å². The first-order valence-corrected chi connectivity index (χ1v) is 7.54. The van der Waals surface area contributed by atoms with Crippen LogP contribution in [0.2, 0.25) is 0 Å². The van der Waals surface area contributed by atoms with E-state index in [2.05, 4.69) is 33.0 Å². The van der Waals surface area contributed by atoms with E-state index in [9.17, 15) is 8.78 Å². The molecule has 0 bridgehead atoms. The van der Waals surface area contributed by atoms with Gasteiger partial charge in [0.05, 0.1) is 12.3 Å². The van der Waals surface area contributed by atoms with Crippen LogP contribution in [0.1, 0.15) is 39.2 Å². The van der Waals surface area contributed by atoms with Gasteiger partial charge in [0.1, 0.15) is 11.5 Å². The highest BCUT2D eigenvalue weighted by Crippen LogP contribution is 2.25. The first-order valence-electron chi connectivity index (χ1n) is 6.49. The SMILES string of the molecule is CC(C)C(C)(C)CNCc1ccc(CSC(F)F)o1. The van der Waals surface area contributed by atoms with Crippen molar-refractivity contribution in [3.8, 4) is 0 Å². The first kappa shape index (κ1) is 16.5. The molecule has 1 rings (SSSR count). The van der Waals surface area contributed by atoms with Crippen molar-refractivity contribution in [2.24, 2.45) is 11.3 Å². The molecule has 0 atom stereocenters. The molecular weight excluding hydrogens is 268 g/mol. The smallest absolute Gasteiger partial charge is 0.284 e. The summed E-state index contributed by atoms with van der Waals surface area (Å²) in [5, 5.41) is 3.35. The summed E-state index contributed by atoms with van der Waals surface area (Å²) in [7, 11) is 0. The summed E-state index contributed by atoms with van der Waals surface area (Å²) >= 11 is 0.582. The molecule has 2 nitrogen and oxygen atoms in total. The fraction of sp³-hybridized carbons (Fsp3) is 0.714. The van der Waals surface area contributed by atoms with E-state index in [-0.39, 0.29) is 11.2 Å². The van der Waals surface area contributed by atoms with Crippen LogP contribution in [0.5, 0.6) is 0 Å². The molecule has 19 heavy (non-hydrogen) atoms. The Kier molecular flexibility index (Phi) is 6.33. The Labute approximate surface area is 118 Å². The van der Waals surface area contributed by atoms with Crippen molar-refractivity contribution in [3.05, 3.63) is 23.7 Å². The Balaban J connectivity index is 2.34. The topological polar surface area (TPSA) is 25.2 Å². The molecule has 0 aliphatic rings. The Bertz CT molecular complexity index is 377. The van der Waals surface area contributed by atoms with Gasteiger partial charge in [0, 0.05) is 6.54 Å². The number of furan rings is 1. The van der Waals surface area contributed by atoms with Gasteiger partial charge in [0.15, 0.2) is 0 Å². The summed E-state index contributed by atoms with van der Waals surface area (Å²) in [4.78, 5) is 0. The predicted molar refractivity (Wildman–Crippen MR) is 76.3 cm³/mol. The quantitative estimate of drug-likeness (QED) is 0.763. The normalized spacial score (nSPS) is 12.6. The summed E-state index contributed by atoms with van der Waals surface area (Å²) in [6, 6.07) is 3.61. The molecule has 0 aromatic carbocycles. The van der Waals surface area contributed by atoms with E-state index in [1.54, 1.807) is 6.07 Å². The Morgan fingerprint density at radius 2 is 1.89 bits per heavy atom. The molecular formula is C14H23F2NOS. The van der Waals surface area contributed by atoms with Gasteiger partial charge < -0.3 is 9.73 Å². The van der Waals surface area contributed by atoms with Gasteiger partial charge in [-0.05, 0) is 23.5 Å². The van der Waals surface area contributed by atoms with Gasteiger partial charge in [-0.15, -0.1) is 0 Å². The van der Waals surface area contributed by atoms with Crippen LogP contribution in [-0.2, 0) is 12.3 Å². The third-order valence-electron chi connectivity index (χ3n) is 3.51. The molecule has 0 fully saturated rings. The zero-order valence-corrected chi connectivity index (χ0v) is 12.8. The third kappa shape index (κ3) is 5.95. The monoisotopic (exact) mass is 291 g/mol. The summed E-state index contributed by atoms with van der Waals surface area (Å²) in [5.41, 5.74) is 0.223. The van der Waals surface area contributed by atoms with Crippen LogP contribution in [0.4, 0.5) is 8.78 Å². The molecule has 0 unspecified atom stereocenters. The highest BCUT2D eigenvalue weighted by Gasteiger charge is 2.21. The summed E-state index contributed by atoms with van der Waals surface area (Å²) in [5.74, 6) is -0.141. The molecule has 0 aliphatic carbocycles. The van der Waals surface area contributed by atoms with E-state index in [1.165, 1.54) is 0 Å². The highest BCUT2D eigenvalue weighted by atomic mass is 32.2. The lowest BCUT2D eigenvalue weighted by Crippen LogP contribution is -2.33. The lowest BCUT2D eigenvalue weighted by atomic mass is 9.81. The number of hydrogen-bond acceptors (Lipinski definition) is 3. The van der Waals surface area contributed by atoms with Crippen LogP contribution >= 0.6 is 11.8 Å². The van der Waals surface area contributed by atoms with Crippen molar-refractivity contribution < 1.29 is 13.2 Å². The largest absolute Gasteiger partial charge is 0.464 e. The highest BCUT2D eigenvalue weighted by molar-refractivity contribution is 7.98. The fourth-order valence-electron chi connectivity index (χ4n) is 1.45. The van der Waals surface area contributed by atoms with E-state index in [1.807, 2.05) is 6.07 Å². The first-order chi connectivity index (χ1) is 8.81. The zero-order chi connectivity index (χ0) is 14.5. The summed E-state index contributed by atoms with van der Waals surface area (Å²) in [6.45, 7) is 10.4. The van der Waals surface area contributed by atoms with Gasteiger partial charge in [-0.1, -0.05) is 39.5 Å². The minimum absolute atomic E-state index is 0.217. The van der Waals surface area contributed by atoms with Crippen LogP contribution in [-0.4, -0.2) is 12.3 Å². The number of alkyl halides is 2. The number of halogens is 2. The van der Waals surface area contributed by atoms with Gasteiger partial charge in [-0.3, -0.25) is 0 Å². The standard InChI is InChI=1S/C14H23F2NOS/c1-10(2)14(3,4)9-17-7-11-5-6-12(18-11)8-19-13(15)16/h5-6,10,13,17H,7-9H2,1-4H3. The molecule has 0 saturated heterocycles.